The fraction of sp³-hybridized carbons (Fsp3) is 0.0625. The van der Waals surface area contributed by atoms with E-state index in [2.05, 4.69) is 290 Å². The first-order valence-corrected chi connectivity index (χ1v) is 23.1. The Kier molecular flexibility index (Phi) is 10.8. The summed E-state index contributed by atoms with van der Waals surface area (Å²) in [6, 6.07) is 83.5. The molecule has 0 spiro atoms. The van der Waals surface area contributed by atoms with Crippen LogP contribution < -0.4 is 14.7 Å². The SMILES string of the molecule is C=C1C=CC=CC1N(c1ccccc1)c1ccc(-c2ccc(N(c3ccccc3)c3ccc4c(c3)C(C)(C)c3cc(N(c5ccccc5)c5ccc(-c6ccccc6)cc5)ccc3-4)cc2)cc1. The topological polar surface area (TPSA) is 9.72 Å². The molecule has 2 aliphatic carbocycles. The van der Waals surface area contributed by atoms with Crippen LogP contribution in [0.25, 0.3) is 33.4 Å². The first kappa shape index (κ1) is 41.3. The second-order valence-electron chi connectivity index (χ2n) is 17.9. The third kappa shape index (κ3) is 7.85. The quantitative estimate of drug-likeness (QED) is 0.128. The first-order valence-electron chi connectivity index (χ1n) is 23.1. The Morgan fingerprint density at radius 3 is 1.13 bits per heavy atom. The van der Waals surface area contributed by atoms with E-state index in [1.165, 1.54) is 38.9 Å². The average Bonchev–Trinajstić information content (AvgIpc) is 3.61. The van der Waals surface area contributed by atoms with Crippen LogP contribution in [0.4, 0.5) is 45.5 Å². The zero-order valence-electron chi connectivity index (χ0n) is 37.9. The van der Waals surface area contributed by atoms with Gasteiger partial charge < -0.3 is 14.7 Å². The number of allylic oxidation sites excluding steroid dienone is 2. The molecule has 0 bridgehead atoms. The van der Waals surface area contributed by atoms with E-state index < -0.39 is 0 Å². The lowest BCUT2D eigenvalue weighted by molar-refractivity contribution is 0.660. The van der Waals surface area contributed by atoms with Crippen molar-refractivity contribution in [1.29, 1.82) is 0 Å². The van der Waals surface area contributed by atoms with E-state index in [1.54, 1.807) is 0 Å². The van der Waals surface area contributed by atoms with E-state index in [-0.39, 0.29) is 11.5 Å². The van der Waals surface area contributed by atoms with Gasteiger partial charge >= 0.3 is 0 Å². The van der Waals surface area contributed by atoms with Gasteiger partial charge in [0.1, 0.15) is 0 Å². The molecule has 322 valence electrons. The van der Waals surface area contributed by atoms with Crippen molar-refractivity contribution >= 4 is 45.5 Å². The van der Waals surface area contributed by atoms with Gasteiger partial charge in [-0.05, 0) is 147 Å². The Bertz CT molecular complexity index is 3240. The number of hydrogen-bond donors (Lipinski definition) is 0. The van der Waals surface area contributed by atoms with Crippen molar-refractivity contribution in [3.8, 4) is 33.4 Å². The molecular formula is C64H51N3. The molecule has 11 rings (SSSR count). The van der Waals surface area contributed by atoms with Gasteiger partial charge in [0.2, 0.25) is 0 Å². The molecule has 0 aliphatic heterocycles. The van der Waals surface area contributed by atoms with E-state index in [0.29, 0.717) is 0 Å². The van der Waals surface area contributed by atoms with Gasteiger partial charge in [-0.25, -0.2) is 0 Å². The van der Waals surface area contributed by atoms with Gasteiger partial charge in [0, 0.05) is 50.9 Å². The molecule has 0 amide bonds. The summed E-state index contributed by atoms with van der Waals surface area (Å²) in [5, 5.41) is 0. The Morgan fingerprint density at radius 1 is 0.358 bits per heavy atom. The molecule has 9 aromatic rings. The van der Waals surface area contributed by atoms with Crippen LogP contribution in [-0.2, 0) is 5.41 Å². The van der Waals surface area contributed by atoms with Crippen molar-refractivity contribution in [1.82, 2.24) is 0 Å². The average molecular weight is 862 g/mol. The number of hydrogen-bond acceptors (Lipinski definition) is 3. The van der Waals surface area contributed by atoms with Crippen LogP contribution in [0.2, 0.25) is 0 Å². The normalized spacial score (nSPS) is 14.3. The highest BCUT2D eigenvalue weighted by atomic mass is 15.2. The molecule has 67 heavy (non-hydrogen) atoms. The second-order valence-corrected chi connectivity index (χ2v) is 17.9. The van der Waals surface area contributed by atoms with Crippen molar-refractivity contribution in [3.63, 3.8) is 0 Å². The summed E-state index contributed by atoms with van der Waals surface area (Å²) >= 11 is 0. The molecule has 0 heterocycles. The summed E-state index contributed by atoms with van der Waals surface area (Å²) in [6.45, 7) is 9.13. The molecule has 0 saturated carbocycles. The maximum absolute atomic E-state index is 4.38. The highest BCUT2D eigenvalue weighted by Crippen LogP contribution is 2.52. The smallest absolute Gasteiger partial charge is 0.0772 e. The van der Waals surface area contributed by atoms with Crippen LogP contribution in [-0.4, -0.2) is 6.04 Å². The fourth-order valence-electron chi connectivity index (χ4n) is 9.97. The van der Waals surface area contributed by atoms with Gasteiger partial charge in [-0.3, -0.25) is 0 Å². The number of anilines is 8. The molecule has 0 aromatic heterocycles. The van der Waals surface area contributed by atoms with E-state index in [9.17, 15) is 0 Å². The molecule has 9 aromatic carbocycles. The highest BCUT2D eigenvalue weighted by Gasteiger charge is 2.37. The summed E-state index contributed by atoms with van der Waals surface area (Å²) in [4.78, 5) is 7.11. The van der Waals surface area contributed by atoms with Gasteiger partial charge in [-0.1, -0.05) is 178 Å². The van der Waals surface area contributed by atoms with Crippen LogP contribution in [0.3, 0.4) is 0 Å². The van der Waals surface area contributed by atoms with E-state index >= 15 is 0 Å². The lowest BCUT2D eigenvalue weighted by Gasteiger charge is -2.33. The summed E-state index contributed by atoms with van der Waals surface area (Å²) in [6.07, 6.45) is 8.47. The zero-order chi connectivity index (χ0) is 45.3. The molecule has 1 unspecified atom stereocenters. The Hall–Kier alpha value is -8.40. The Balaban J connectivity index is 0.905. The zero-order valence-corrected chi connectivity index (χ0v) is 37.9. The summed E-state index contributed by atoms with van der Waals surface area (Å²) in [5.41, 5.74) is 19.7. The second kappa shape index (κ2) is 17.5. The van der Waals surface area contributed by atoms with Crippen molar-refractivity contribution in [2.75, 3.05) is 14.7 Å². The third-order valence-electron chi connectivity index (χ3n) is 13.4. The minimum atomic E-state index is -0.248. The van der Waals surface area contributed by atoms with Crippen molar-refractivity contribution < 1.29 is 0 Å². The van der Waals surface area contributed by atoms with E-state index in [1.807, 2.05) is 0 Å². The van der Waals surface area contributed by atoms with Gasteiger partial charge in [-0.2, -0.15) is 0 Å². The molecule has 2 aliphatic rings. The number of para-hydroxylation sites is 3. The molecule has 3 nitrogen and oxygen atoms in total. The summed E-state index contributed by atoms with van der Waals surface area (Å²) in [7, 11) is 0. The summed E-state index contributed by atoms with van der Waals surface area (Å²) < 4.78 is 0. The minimum Gasteiger partial charge on any atom is -0.330 e. The molecule has 0 fully saturated rings. The van der Waals surface area contributed by atoms with Crippen molar-refractivity contribution in [3.05, 3.63) is 278 Å². The fourth-order valence-corrected chi connectivity index (χ4v) is 9.97. The van der Waals surface area contributed by atoms with Crippen molar-refractivity contribution in [2.45, 2.75) is 25.3 Å². The van der Waals surface area contributed by atoms with Gasteiger partial charge in [0.05, 0.1) is 6.04 Å². The van der Waals surface area contributed by atoms with Crippen molar-refractivity contribution in [2.24, 2.45) is 0 Å². The molecule has 0 radical (unpaired) electrons. The maximum Gasteiger partial charge on any atom is 0.0772 e. The van der Waals surface area contributed by atoms with Gasteiger partial charge in [-0.15, -0.1) is 0 Å². The predicted molar refractivity (Wildman–Crippen MR) is 284 cm³/mol. The molecule has 0 N–H and O–H groups in total. The van der Waals surface area contributed by atoms with E-state index in [4.69, 9.17) is 0 Å². The van der Waals surface area contributed by atoms with Crippen LogP contribution in [0.15, 0.2) is 267 Å². The van der Waals surface area contributed by atoms with Crippen LogP contribution in [0, 0.1) is 0 Å². The predicted octanol–water partition coefficient (Wildman–Crippen LogP) is 17.5. The maximum atomic E-state index is 4.38. The minimum absolute atomic E-state index is 0.0391. The monoisotopic (exact) mass is 861 g/mol. The lowest BCUT2D eigenvalue weighted by atomic mass is 9.82. The molecule has 1 atom stereocenters. The number of fused-ring (bicyclic) bond motifs is 3. The van der Waals surface area contributed by atoms with Crippen LogP contribution >= 0.6 is 0 Å². The highest BCUT2D eigenvalue weighted by molar-refractivity contribution is 5.89. The first-order chi connectivity index (χ1) is 32.9. The van der Waals surface area contributed by atoms with Crippen LogP contribution in [0.5, 0.6) is 0 Å². The number of nitrogens with zero attached hydrogens (tertiary/aromatic N) is 3. The van der Waals surface area contributed by atoms with Crippen LogP contribution in [0.1, 0.15) is 25.0 Å². The van der Waals surface area contributed by atoms with Gasteiger partial charge in [0.15, 0.2) is 0 Å². The Labute approximate surface area is 395 Å². The Morgan fingerprint density at radius 2 is 0.701 bits per heavy atom. The molecule has 3 heteroatoms. The third-order valence-corrected chi connectivity index (χ3v) is 13.4. The number of rotatable bonds is 11. The number of benzene rings is 9. The largest absolute Gasteiger partial charge is 0.330 e. The van der Waals surface area contributed by atoms with E-state index in [0.717, 1.165) is 56.6 Å². The standard InChI is InChI=1S/C64H51N3/c1-46-18-16-17-27-63(46)67(53-25-14-7-15-26-53)56-38-32-50(33-39-56)49-30-36-55(37-31-49)66(52-23-12-6-13-24-52)58-41-43-60-59-42-40-57(44-61(59)64(2,3)62(60)45-58)65(51-21-10-5-11-22-51)54-34-28-48(29-35-54)47-19-8-4-9-20-47/h4-45,63H,1H2,2-3H3. The summed E-state index contributed by atoms with van der Waals surface area (Å²) in [5.74, 6) is 0. The lowest BCUT2D eigenvalue weighted by Crippen LogP contribution is -2.31. The molecule has 0 saturated heterocycles. The van der Waals surface area contributed by atoms with Gasteiger partial charge in [0.25, 0.3) is 0 Å². The molecular weight excluding hydrogens is 811 g/mol.